The summed E-state index contributed by atoms with van der Waals surface area (Å²) in [4.78, 5) is 10.3. The normalized spacial score (nSPS) is 18.9. The molecule has 7 N–H and O–H groups in total. The topological polar surface area (TPSA) is 144 Å². The second-order valence-corrected chi connectivity index (χ2v) is 2.58. The van der Waals surface area contributed by atoms with E-state index in [1.165, 1.54) is 0 Å². The summed E-state index contributed by atoms with van der Waals surface area (Å²) < 4.78 is 0. The van der Waals surface area contributed by atoms with Crippen LogP contribution in [0, 0.1) is 0 Å². The molecule has 0 aromatic heterocycles. The largest absolute Gasteiger partial charge is 1.00 e. The van der Waals surface area contributed by atoms with Gasteiger partial charge < -0.3 is 31.3 Å². The van der Waals surface area contributed by atoms with Crippen molar-refractivity contribution < 1.29 is 52.7 Å². The average molecular weight is 303 g/mol. The third-order valence-electron chi connectivity index (χ3n) is 1.55. The Morgan fingerprint density at radius 1 is 1.14 bits per heavy atom. The van der Waals surface area contributed by atoms with Crippen LogP contribution in [-0.4, -0.2) is 62.5 Å². The van der Waals surface area contributed by atoms with Crippen LogP contribution in [0.5, 0.6) is 0 Å². The molecule has 0 spiro atoms. The van der Waals surface area contributed by atoms with Crippen molar-refractivity contribution in [3.8, 4) is 0 Å². The fraction of sp³-hybridized carbons (Fsp3) is 0.833. The number of primary amides is 1. The number of hydrogen-bond acceptors (Lipinski definition) is 6. The maximum absolute atomic E-state index is 10.3. The van der Waals surface area contributed by atoms with Gasteiger partial charge in [-0.25, -0.2) is 0 Å². The Kier molecular flexibility index (Phi) is 8.60. The zero-order chi connectivity index (χ0) is 10.6. The minimum absolute atomic E-state index is 0. The molecule has 0 aromatic carbocycles. The first-order valence-corrected chi connectivity index (χ1v) is 3.54. The predicted molar refractivity (Wildman–Crippen MR) is 40.3 cm³/mol. The van der Waals surface area contributed by atoms with Crippen molar-refractivity contribution in [2.45, 2.75) is 24.4 Å². The number of amides is 1. The number of carbonyl (C=O) groups excluding carboxylic acids is 1. The van der Waals surface area contributed by atoms with Gasteiger partial charge in [-0.3, -0.25) is 4.79 Å². The van der Waals surface area contributed by atoms with E-state index in [9.17, 15) is 4.79 Å². The van der Waals surface area contributed by atoms with Crippen LogP contribution in [0.1, 0.15) is 0 Å². The third-order valence-corrected chi connectivity index (χ3v) is 1.55. The van der Waals surface area contributed by atoms with E-state index in [0.29, 0.717) is 0 Å². The van der Waals surface area contributed by atoms with E-state index < -0.39 is 36.9 Å². The number of rotatable bonds is 5. The van der Waals surface area contributed by atoms with Gasteiger partial charge in [-0.05, 0) is 0 Å². The van der Waals surface area contributed by atoms with Gasteiger partial charge in [0.05, 0.1) is 6.61 Å². The molecule has 0 aliphatic rings. The van der Waals surface area contributed by atoms with Crippen LogP contribution in [0.4, 0.5) is 0 Å². The number of aliphatic hydroxyl groups is 5. The molecule has 0 fully saturated rings. The number of carbonyl (C=O) groups is 1. The molecule has 88 valence electrons. The van der Waals surface area contributed by atoms with Gasteiger partial charge >= 0.3 is 22.4 Å². The molecular formula is C6H13AgNO6+. The standard InChI is InChI=1S/C6H13NO6.Ag/c7-6(13)5(12)4(11)3(10)2(9)1-8;/h2-5,8-12H,1H2,(H2,7,13);/q;+1/t2-,3-,4+,5-;/m1./s1. The number of aliphatic hydroxyl groups excluding tert-OH is 5. The Balaban J connectivity index is 0. The van der Waals surface area contributed by atoms with Crippen LogP contribution in [0.3, 0.4) is 0 Å². The molecule has 0 rings (SSSR count). The van der Waals surface area contributed by atoms with Gasteiger partial charge in [0.2, 0.25) is 5.91 Å². The fourth-order valence-electron chi connectivity index (χ4n) is 0.691. The van der Waals surface area contributed by atoms with E-state index in [0.717, 1.165) is 0 Å². The van der Waals surface area contributed by atoms with Crippen LogP contribution < -0.4 is 5.73 Å². The van der Waals surface area contributed by atoms with Crippen LogP contribution in [0.15, 0.2) is 0 Å². The van der Waals surface area contributed by atoms with Gasteiger partial charge in [-0.1, -0.05) is 0 Å². The Labute approximate surface area is 95.7 Å². The summed E-state index contributed by atoms with van der Waals surface area (Å²) in [5, 5.41) is 44.0. The third kappa shape index (κ3) is 4.49. The Bertz CT molecular complexity index is 180. The quantitative estimate of drug-likeness (QED) is 0.285. The first kappa shape index (κ1) is 16.4. The zero-order valence-electron chi connectivity index (χ0n) is 7.04. The minimum atomic E-state index is -1.98. The smallest absolute Gasteiger partial charge is 0.394 e. The molecule has 0 unspecified atom stereocenters. The molecule has 0 aliphatic carbocycles. The Hall–Kier alpha value is 0.0103. The monoisotopic (exact) mass is 302 g/mol. The van der Waals surface area contributed by atoms with Gasteiger partial charge in [-0.15, -0.1) is 0 Å². The molecule has 0 radical (unpaired) electrons. The fourth-order valence-corrected chi connectivity index (χ4v) is 0.691. The van der Waals surface area contributed by atoms with Crippen molar-refractivity contribution >= 4 is 5.91 Å². The maximum atomic E-state index is 10.3. The van der Waals surface area contributed by atoms with Crippen molar-refractivity contribution in [2.24, 2.45) is 5.73 Å². The summed E-state index contributed by atoms with van der Waals surface area (Å²) in [6.07, 6.45) is -7.35. The molecule has 14 heavy (non-hydrogen) atoms. The first-order valence-electron chi connectivity index (χ1n) is 3.54. The van der Waals surface area contributed by atoms with E-state index in [-0.39, 0.29) is 22.4 Å². The van der Waals surface area contributed by atoms with Gasteiger partial charge in [0.1, 0.15) is 18.3 Å². The van der Waals surface area contributed by atoms with Crippen LogP contribution in [0.2, 0.25) is 0 Å². The molecule has 1 amide bonds. The number of hydrogen-bond donors (Lipinski definition) is 6. The summed E-state index contributed by atoms with van der Waals surface area (Å²) in [6, 6.07) is 0. The summed E-state index contributed by atoms with van der Waals surface area (Å²) in [7, 11) is 0. The molecule has 0 aromatic rings. The molecule has 0 heterocycles. The molecule has 0 saturated carbocycles. The Morgan fingerprint density at radius 2 is 1.57 bits per heavy atom. The summed E-state index contributed by atoms with van der Waals surface area (Å²) in [6.45, 7) is -0.802. The summed E-state index contributed by atoms with van der Waals surface area (Å²) in [5.41, 5.74) is 4.61. The van der Waals surface area contributed by atoms with E-state index in [2.05, 4.69) is 5.73 Å². The van der Waals surface area contributed by atoms with Crippen LogP contribution in [-0.2, 0) is 27.2 Å². The van der Waals surface area contributed by atoms with Gasteiger partial charge in [0.15, 0.2) is 6.10 Å². The van der Waals surface area contributed by atoms with Crippen LogP contribution in [0.25, 0.3) is 0 Å². The van der Waals surface area contributed by atoms with Gasteiger partial charge in [0.25, 0.3) is 0 Å². The number of nitrogens with two attached hydrogens (primary N) is 1. The SMILES string of the molecule is NC(=O)[C@H](O)[C@@H](O)[C@H](O)[C@H](O)CO.[Ag+]. The van der Waals surface area contributed by atoms with E-state index >= 15 is 0 Å². The van der Waals surface area contributed by atoms with Crippen molar-refractivity contribution in [3.63, 3.8) is 0 Å². The molecule has 0 aliphatic heterocycles. The van der Waals surface area contributed by atoms with Gasteiger partial charge in [0, 0.05) is 0 Å². The van der Waals surface area contributed by atoms with E-state index in [4.69, 9.17) is 25.5 Å². The molecule has 0 saturated heterocycles. The van der Waals surface area contributed by atoms with Crippen molar-refractivity contribution in [2.75, 3.05) is 6.61 Å². The second-order valence-electron chi connectivity index (χ2n) is 2.58. The van der Waals surface area contributed by atoms with Crippen molar-refractivity contribution in [3.05, 3.63) is 0 Å². The molecule has 4 atom stereocenters. The molecule has 7 nitrogen and oxygen atoms in total. The van der Waals surface area contributed by atoms with Gasteiger partial charge in [-0.2, -0.15) is 0 Å². The average Bonchev–Trinajstić information content (AvgIpc) is 2.12. The van der Waals surface area contributed by atoms with E-state index in [1.54, 1.807) is 0 Å². The second kappa shape index (κ2) is 7.32. The van der Waals surface area contributed by atoms with E-state index in [1.807, 2.05) is 0 Å². The molecule has 0 bridgehead atoms. The summed E-state index contributed by atoms with van der Waals surface area (Å²) in [5.74, 6) is -1.23. The predicted octanol–water partition coefficient (Wildman–Crippen LogP) is -4.09. The first-order chi connectivity index (χ1) is 5.91. The van der Waals surface area contributed by atoms with Crippen molar-refractivity contribution in [1.82, 2.24) is 0 Å². The summed E-state index contributed by atoms with van der Waals surface area (Å²) >= 11 is 0. The zero-order valence-corrected chi connectivity index (χ0v) is 8.52. The van der Waals surface area contributed by atoms with Crippen LogP contribution >= 0.6 is 0 Å². The maximum Gasteiger partial charge on any atom is 1.00 e. The molecular weight excluding hydrogens is 290 g/mol. The minimum Gasteiger partial charge on any atom is -0.394 e. The van der Waals surface area contributed by atoms with Crippen molar-refractivity contribution in [1.29, 1.82) is 0 Å². The Morgan fingerprint density at radius 3 is 1.86 bits per heavy atom. The molecule has 8 heteroatoms.